The van der Waals surface area contributed by atoms with Gasteiger partial charge in [0, 0.05) is 6.54 Å². The zero-order chi connectivity index (χ0) is 10.3. The molecule has 0 amide bonds. The molecule has 0 unspecified atom stereocenters. The molecule has 0 aromatic heterocycles. The molecule has 84 valence electrons. The molecule has 2 heteroatoms. The van der Waals surface area contributed by atoms with Gasteiger partial charge in [0.2, 0.25) is 0 Å². The second-order valence-electron chi connectivity index (χ2n) is 4.54. The van der Waals surface area contributed by atoms with Gasteiger partial charge in [-0.05, 0) is 49.7 Å². The zero-order valence-corrected chi connectivity index (χ0v) is 10.6. The van der Waals surface area contributed by atoms with Gasteiger partial charge in [0.05, 0.1) is 0 Å². The predicted octanol–water partition coefficient (Wildman–Crippen LogP) is 3.30. The molecule has 0 heterocycles. The van der Waals surface area contributed by atoms with Gasteiger partial charge in [-0.2, -0.15) is 11.8 Å². The Morgan fingerprint density at radius 3 is 2.57 bits per heavy atom. The van der Waals surface area contributed by atoms with Crippen LogP contribution in [0, 0.1) is 5.41 Å². The second kappa shape index (κ2) is 6.73. The van der Waals surface area contributed by atoms with E-state index in [-0.39, 0.29) is 0 Å². The van der Waals surface area contributed by atoms with Crippen LogP contribution in [0.5, 0.6) is 0 Å². The first-order valence-electron chi connectivity index (χ1n) is 6.05. The summed E-state index contributed by atoms with van der Waals surface area (Å²) in [6, 6.07) is 0. The molecule has 0 spiro atoms. The van der Waals surface area contributed by atoms with Crippen molar-refractivity contribution in [2.75, 3.05) is 25.1 Å². The van der Waals surface area contributed by atoms with E-state index < -0.39 is 0 Å². The van der Waals surface area contributed by atoms with Crippen molar-refractivity contribution >= 4 is 11.8 Å². The standard InChI is InChI=1S/C12H25NS/c1-3-14-10-6-9-12(11-13-2)7-4-5-8-12/h13H,3-11H2,1-2H3. The lowest BCUT2D eigenvalue weighted by atomic mass is 9.82. The van der Waals surface area contributed by atoms with Crippen LogP contribution in [-0.4, -0.2) is 25.1 Å². The highest BCUT2D eigenvalue weighted by molar-refractivity contribution is 7.99. The Morgan fingerprint density at radius 1 is 1.29 bits per heavy atom. The minimum Gasteiger partial charge on any atom is -0.319 e. The lowest BCUT2D eigenvalue weighted by Crippen LogP contribution is -2.30. The van der Waals surface area contributed by atoms with Crippen molar-refractivity contribution in [2.45, 2.75) is 45.4 Å². The first-order chi connectivity index (χ1) is 6.83. The topological polar surface area (TPSA) is 12.0 Å². The van der Waals surface area contributed by atoms with Gasteiger partial charge in [0.1, 0.15) is 0 Å². The highest BCUT2D eigenvalue weighted by Crippen LogP contribution is 2.41. The minimum absolute atomic E-state index is 0.670. The van der Waals surface area contributed by atoms with Crippen LogP contribution in [0.4, 0.5) is 0 Å². The van der Waals surface area contributed by atoms with E-state index in [0.29, 0.717) is 5.41 Å². The summed E-state index contributed by atoms with van der Waals surface area (Å²) in [6.07, 6.45) is 8.71. The van der Waals surface area contributed by atoms with Gasteiger partial charge in [-0.15, -0.1) is 0 Å². The van der Waals surface area contributed by atoms with E-state index in [0.717, 1.165) is 0 Å². The normalized spacial score (nSPS) is 20.1. The molecular weight excluding hydrogens is 190 g/mol. The summed E-state index contributed by atoms with van der Waals surface area (Å²) in [6.45, 7) is 3.49. The SMILES string of the molecule is CCSCCCC1(CNC)CCCC1. The molecule has 1 aliphatic rings. The van der Waals surface area contributed by atoms with Crippen molar-refractivity contribution in [3.05, 3.63) is 0 Å². The molecule has 1 fully saturated rings. The largest absolute Gasteiger partial charge is 0.319 e. The average molecular weight is 215 g/mol. The van der Waals surface area contributed by atoms with Crippen molar-refractivity contribution in [1.29, 1.82) is 0 Å². The third-order valence-corrected chi connectivity index (χ3v) is 4.40. The Labute approximate surface area is 93.4 Å². The Kier molecular flexibility index (Phi) is 5.95. The molecule has 1 saturated carbocycles. The van der Waals surface area contributed by atoms with Crippen LogP contribution in [-0.2, 0) is 0 Å². The van der Waals surface area contributed by atoms with E-state index in [9.17, 15) is 0 Å². The van der Waals surface area contributed by atoms with Crippen LogP contribution in [0.1, 0.15) is 45.4 Å². The summed E-state index contributed by atoms with van der Waals surface area (Å²) < 4.78 is 0. The molecular formula is C12H25NS. The third-order valence-electron chi connectivity index (χ3n) is 3.42. The molecule has 0 bridgehead atoms. The van der Waals surface area contributed by atoms with Crippen LogP contribution >= 0.6 is 11.8 Å². The zero-order valence-electron chi connectivity index (χ0n) is 9.77. The van der Waals surface area contributed by atoms with Crippen LogP contribution in [0.25, 0.3) is 0 Å². The van der Waals surface area contributed by atoms with Crippen molar-refractivity contribution in [3.63, 3.8) is 0 Å². The molecule has 0 aliphatic heterocycles. The summed E-state index contributed by atoms with van der Waals surface area (Å²) in [5.41, 5.74) is 0.670. The highest BCUT2D eigenvalue weighted by Gasteiger charge is 2.32. The minimum atomic E-state index is 0.670. The summed E-state index contributed by atoms with van der Waals surface area (Å²) in [4.78, 5) is 0. The van der Waals surface area contributed by atoms with E-state index in [1.807, 2.05) is 0 Å². The van der Waals surface area contributed by atoms with Crippen molar-refractivity contribution in [2.24, 2.45) is 5.41 Å². The summed E-state index contributed by atoms with van der Waals surface area (Å²) in [7, 11) is 2.10. The fraction of sp³-hybridized carbons (Fsp3) is 1.00. The smallest absolute Gasteiger partial charge is 0.000481 e. The lowest BCUT2D eigenvalue weighted by molar-refractivity contribution is 0.262. The van der Waals surface area contributed by atoms with E-state index in [4.69, 9.17) is 0 Å². The number of rotatable bonds is 7. The molecule has 0 saturated heterocycles. The quantitative estimate of drug-likeness (QED) is 0.654. The van der Waals surface area contributed by atoms with Crippen molar-refractivity contribution in [1.82, 2.24) is 5.32 Å². The van der Waals surface area contributed by atoms with E-state index >= 15 is 0 Å². The van der Waals surface area contributed by atoms with Crippen molar-refractivity contribution in [3.8, 4) is 0 Å². The van der Waals surface area contributed by atoms with E-state index in [1.165, 1.54) is 56.6 Å². The van der Waals surface area contributed by atoms with Crippen molar-refractivity contribution < 1.29 is 0 Å². The first kappa shape index (κ1) is 12.4. The number of hydrogen-bond donors (Lipinski definition) is 1. The van der Waals surface area contributed by atoms with Crippen LogP contribution < -0.4 is 5.32 Å². The van der Waals surface area contributed by atoms with Gasteiger partial charge >= 0.3 is 0 Å². The van der Waals surface area contributed by atoms with E-state index in [2.05, 4.69) is 31.1 Å². The molecule has 0 atom stereocenters. The number of nitrogens with one attached hydrogen (secondary N) is 1. The summed E-state index contributed by atoms with van der Waals surface area (Å²) in [5.74, 6) is 2.64. The van der Waals surface area contributed by atoms with Gasteiger partial charge in [0.25, 0.3) is 0 Å². The molecule has 1 N–H and O–H groups in total. The third kappa shape index (κ3) is 3.82. The maximum absolute atomic E-state index is 3.38. The Hall–Kier alpha value is 0.310. The van der Waals surface area contributed by atoms with Crippen LogP contribution in [0.15, 0.2) is 0 Å². The number of thioether (sulfide) groups is 1. The average Bonchev–Trinajstić information content (AvgIpc) is 2.63. The predicted molar refractivity (Wildman–Crippen MR) is 67.1 cm³/mol. The molecule has 1 rings (SSSR count). The maximum Gasteiger partial charge on any atom is 0.000481 e. The fourth-order valence-corrected chi connectivity index (χ4v) is 3.35. The number of hydrogen-bond acceptors (Lipinski definition) is 2. The lowest BCUT2D eigenvalue weighted by Gasteiger charge is -2.28. The van der Waals surface area contributed by atoms with E-state index in [1.54, 1.807) is 0 Å². The highest BCUT2D eigenvalue weighted by atomic mass is 32.2. The van der Waals surface area contributed by atoms with Gasteiger partial charge in [-0.1, -0.05) is 19.8 Å². The molecule has 1 aliphatic carbocycles. The first-order valence-corrected chi connectivity index (χ1v) is 7.21. The van der Waals surface area contributed by atoms with Crippen LogP contribution in [0.3, 0.4) is 0 Å². The summed E-state index contributed by atoms with van der Waals surface area (Å²) in [5, 5.41) is 3.38. The Balaban J connectivity index is 2.21. The Bertz CT molecular complexity index is 141. The van der Waals surface area contributed by atoms with Gasteiger partial charge in [-0.25, -0.2) is 0 Å². The monoisotopic (exact) mass is 215 g/mol. The van der Waals surface area contributed by atoms with Gasteiger partial charge < -0.3 is 5.32 Å². The Morgan fingerprint density at radius 2 is 2.00 bits per heavy atom. The molecule has 1 nitrogen and oxygen atoms in total. The summed E-state index contributed by atoms with van der Waals surface area (Å²) >= 11 is 2.09. The molecule has 14 heavy (non-hydrogen) atoms. The molecule has 0 aromatic rings. The maximum atomic E-state index is 3.38. The van der Waals surface area contributed by atoms with Gasteiger partial charge in [0.15, 0.2) is 0 Å². The van der Waals surface area contributed by atoms with Gasteiger partial charge in [-0.3, -0.25) is 0 Å². The molecule has 0 radical (unpaired) electrons. The fourth-order valence-electron chi connectivity index (χ4n) is 2.71. The molecule has 0 aromatic carbocycles. The van der Waals surface area contributed by atoms with Crippen LogP contribution in [0.2, 0.25) is 0 Å². The second-order valence-corrected chi connectivity index (χ2v) is 5.93.